The van der Waals surface area contributed by atoms with Crippen molar-refractivity contribution in [1.29, 1.82) is 5.26 Å². The minimum Gasteiger partial charge on any atom is -0.477 e. The van der Waals surface area contributed by atoms with Crippen molar-refractivity contribution in [3.8, 4) is 6.07 Å². The lowest BCUT2D eigenvalue weighted by Gasteiger charge is -2.27. The average Bonchev–Trinajstić information content (AvgIpc) is 2.96. The number of rotatable bonds is 4. The number of aromatic carboxylic acids is 1. The summed E-state index contributed by atoms with van der Waals surface area (Å²) in [5.41, 5.74) is 1.62. The van der Waals surface area contributed by atoms with E-state index in [1.807, 2.05) is 4.90 Å². The summed E-state index contributed by atoms with van der Waals surface area (Å²) >= 11 is 13.3. The maximum atomic E-state index is 11.7. The summed E-state index contributed by atoms with van der Waals surface area (Å²) in [6, 6.07) is 7.25. The molecule has 25 heavy (non-hydrogen) atoms. The molecule has 0 radical (unpaired) electrons. The largest absolute Gasteiger partial charge is 0.477 e. The second-order valence-corrected chi connectivity index (χ2v) is 7.36. The van der Waals surface area contributed by atoms with Crippen molar-refractivity contribution in [1.82, 2.24) is 0 Å². The monoisotopic (exact) mass is 396 g/mol. The molecule has 2 aromatic rings. The van der Waals surface area contributed by atoms with Gasteiger partial charge in [-0.25, -0.2) is 4.79 Å². The van der Waals surface area contributed by atoms with Gasteiger partial charge in [-0.3, -0.25) is 0 Å². The molecule has 1 aromatic heterocycles. The molecule has 0 spiro atoms. The Morgan fingerprint density at radius 2 is 2.08 bits per heavy atom. The van der Waals surface area contributed by atoms with E-state index in [1.165, 1.54) is 0 Å². The van der Waals surface area contributed by atoms with Gasteiger partial charge in [-0.15, -0.1) is 11.3 Å². The Kier molecular flexibility index (Phi) is 5.50. The molecule has 5 nitrogen and oxygen atoms in total. The van der Waals surface area contributed by atoms with Crippen LogP contribution in [-0.4, -0.2) is 37.4 Å². The van der Waals surface area contributed by atoms with Crippen molar-refractivity contribution in [2.24, 2.45) is 0 Å². The third-order valence-electron chi connectivity index (χ3n) is 3.98. The predicted molar refractivity (Wildman–Crippen MR) is 98.3 cm³/mol. The van der Waals surface area contributed by atoms with E-state index in [2.05, 4.69) is 6.07 Å². The number of nitriles is 1. The molecule has 0 bridgehead atoms. The Morgan fingerprint density at radius 3 is 2.68 bits per heavy atom. The first-order chi connectivity index (χ1) is 12.0. The molecule has 1 saturated heterocycles. The molecule has 130 valence electrons. The van der Waals surface area contributed by atoms with Crippen LogP contribution in [-0.2, 0) is 11.2 Å². The fourth-order valence-electron chi connectivity index (χ4n) is 2.75. The summed E-state index contributed by atoms with van der Waals surface area (Å²) in [7, 11) is 0. The molecule has 8 heteroatoms. The van der Waals surface area contributed by atoms with Gasteiger partial charge < -0.3 is 14.7 Å². The number of carbonyl (C=O) groups is 1. The summed E-state index contributed by atoms with van der Waals surface area (Å²) < 4.78 is 5.34. The molecule has 0 atom stereocenters. The number of carboxylic acids is 1. The van der Waals surface area contributed by atoms with Gasteiger partial charge in [0, 0.05) is 35.1 Å². The lowest BCUT2D eigenvalue weighted by molar-refractivity contribution is 0.0701. The highest BCUT2D eigenvalue weighted by Crippen LogP contribution is 2.38. The van der Waals surface area contributed by atoms with Gasteiger partial charge in [0.25, 0.3) is 0 Å². The highest BCUT2D eigenvalue weighted by atomic mass is 35.5. The molecule has 1 aliphatic rings. The van der Waals surface area contributed by atoms with Crippen molar-refractivity contribution in [3.05, 3.63) is 49.8 Å². The van der Waals surface area contributed by atoms with E-state index >= 15 is 0 Å². The molecule has 1 fully saturated rings. The smallest absolute Gasteiger partial charge is 0.346 e. The van der Waals surface area contributed by atoms with Gasteiger partial charge in [0.15, 0.2) is 0 Å². The van der Waals surface area contributed by atoms with Crippen molar-refractivity contribution in [2.75, 3.05) is 31.2 Å². The maximum absolute atomic E-state index is 11.7. The third-order valence-corrected chi connectivity index (χ3v) is 5.84. The number of benzene rings is 1. The standard InChI is InChI=1S/C17H14Cl2N2O3S/c18-11-2-1-10(14(19)8-11)7-12-13(9-20)16(25-15(12)17(22)23)21-3-5-24-6-4-21/h1-2,8H,3-7H2,(H,22,23). The van der Waals surface area contributed by atoms with Crippen LogP contribution in [0.5, 0.6) is 0 Å². The fourth-order valence-corrected chi connectivity index (χ4v) is 4.39. The number of nitrogens with zero attached hydrogens (tertiary/aromatic N) is 2. The number of halogens is 2. The molecule has 0 amide bonds. The van der Waals surface area contributed by atoms with Crippen LogP contribution in [0.25, 0.3) is 0 Å². The van der Waals surface area contributed by atoms with Gasteiger partial charge in [-0.1, -0.05) is 29.3 Å². The van der Waals surface area contributed by atoms with E-state index in [0.717, 1.165) is 16.9 Å². The van der Waals surface area contributed by atoms with Crippen LogP contribution in [0.1, 0.15) is 26.4 Å². The summed E-state index contributed by atoms with van der Waals surface area (Å²) in [5, 5.41) is 20.9. The lowest BCUT2D eigenvalue weighted by Crippen LogP contribution is -2.36. The van der Waals surface area contributed by atoms with Gasteiger partial charge in [-0.2, -0.15) is 5.26 Å². The number of anilines is 1. The Hall–Kier alpha value is -1.78. The normalized spacial score (nSPS) is 14.4. The van der Waals surface area contributed by atoms with E-state index in [-0.39, 0.29) is 11.3 Å². The first-order valence-electron chi connectivity index (χ1n) is 7.57. The minimum atomic E-state index is -1.04. The average molecular weight is 397 g/mol. The van der Waals surface area contributed by atoms with Crippen LogP contribution in [0.3, 0.4) is 0 Å². The number of morpholine rings is 1. The molecule has 0 aliphatic carbocycles. The quantitative estimate of drug-likeness (QED) is 0.843. The zero-order valence-electron chi connectivity index (χ0n) is 13.1. The fraction of sp³-hybridized carbons (Fsp3) is 0.294. The number of hydrogen-bond acceptors (Lipinski definition) is 5. The lowest BCUT2D eigenvalue weighted by atomic mass is 10.0. The molecule has 2 heterocycles. The van der Waals surface area contributed by atoms with Crippen molar-refractivity contribution >= 4 is 45.5 Å². The third kappa shape index (κ3) is 3.75. The molecule has 0 unspecified atom stereocenters. The Morgan fingerprint density at radius 1 is 1.36 bits per heavy atom. The van der Waals surface area contributed by atoms with E-state index in [1.54, 1.807) is 18.2 Å². The molecular formula is C17H14Cl2N2O3S. The number of hydrogen-bond donors (Lipinski definition) is 1. The minimum absolute atomic E-state index is 0.170. The van der Waals surface area contributed by atoms with Crippen LogP contribution >= 0.6 is 34.5 Å². The highest BCUT2D eigenvalue weighted by molar-refractivity contribution is 7.18. The summed E-state index contributed by atoms with van der Waals surface area (Å²) in [4.78, 5) is 13.9. The molecule has 3 rings (SSSR count). The second kappa shape index (κ2) is 7.63. The van der Waals surface area contributed by atoms with Gasteiger partial charge in [0.1, 0.15) is 15.9 Å². The van der Waals surface area contributed by atoms with E-state index in [9.17, 15) is 15.2 Å². The van der Waals surface area contributed by atoms with Gasteiger partial charge in [0.05, 0.1) is 18.8 Å². The Bertz CT molecular complexity index is 854. The Balaban J connectivity index is 2.06. The molecule has 0 saturated carbocycles. The zero-order valence-corrected chi connectivity index (χ0v) is 15.4. The molecule has 1 aromatic carbocycles. The van der Waals surface area contributed by atoms with E-state index in [4.69, 9.17) is 27.9 Å². The van der Waals surface area contributed by atoms with Gasteiger partial charge >= 0.3 is 5.97 Å². The van der Waals surface area contributed by atoms with Crippen molar-refractivity contribution in [3.63, 3.8) is 0 Å². The van der Waals surface area contributed by atoms with Crippen LogP contribution in [0.4, 0.5) is 5.00 Å². The van der Waals surface area contributed by atoms with Crippen molar-refractivity contribution < 1.29 is 14.6 Å². The highest BCUT2D eigenvalue weighted by Gasteiger charge is 2.27. The summed E-state index contributed by atoms with van der Waals surface area (Å²) in [6.07, 6.45) is 0.265. The van der Waals surface area contributed by atoms with Gasteiger partial charge in [-0.05, 0) is 17.7 Å². The summed E-state index contributed by atoms with van der Waals surface area (Å²) in [6.45, 7) is 2.39. The first kappa shape index (κ1) is 18.0. The van der Waals surface area contributed by atoms with Gasteiger partial charge in [0.2, 0.25) is 0 Å². The van der Waals surface area contributed by atoms with Crippen LogP contribution in [0, 0.1) is 11.3 Å². The van der Waals surface area contributed by atoms with Crippen LogP contribution in [0.15, 0.2) is 18.2 Å². The first-order valence-corrected chi connectivity index (χ1v) is 9.14. The molecule has 1 N–H and O–H groups in total. The number of ether oxygens (including phenoxy) is 1. The second-order valence-electron chi connectivity index (χ2n) is 5.52. The van der Waals surface area contributed by atoms with Crippen molar-refractivity contribution in [2.45, 2.75) is 6.42 Å². The number of carboxylic acid groups (broad SMARTS) is 1. The van der Waals surface area contributed by atoms with E-state index in [0.29, 0.717) is 52.5 Å². The zero-order chi connectivity index (χ0) is 18.0. The maximum Gasteiger partial charge on any atom is 0.346 e. The number of thiophene rings is 1. The predicted octanol–water partition coefficient (Wildman–Crippen LogP) is 4.05. The SMILES string of the molecule is N#Cc1c(N2CCOCC2)sc(C(=O)O)c1Cc1ccc(Cl)cc1Cl. The topological polar surface area (TPSA) is 73.6 Å². The van der Waals surface area contributed by atoms with Crippen LogP contribution in [0.2, 0.25) is 10.0 Å². The van der Waals surface area contributed by atoms with Crippen LogP contribution < -0.4 is 4.90 Å². The van der Waals surface area contributed by atoms with E-state index < -0.39 is 5.97 Å². The Labute approximate surface area is 159 Å². The molecule has 1 aliphatic heterocycles. The molecular weight excluding hydrogens is 383 g/mol. The summed E-state index contributed by atoms with van der Waals surface area (Å²) in [5.74, 6) is -1.04.